The van der Waals surface area contributed by atoms with E-state index in [2.05, 4.69) is 63.6 Å². The molecular weight excluding hydrogens is 726 g/mol. The van der Waals surface area contributed by atoms with Gasteiger partial charge in [-0.05, 0) is 71.1 Å². The normalized spacial score (nSPS) is 14.0. The zero-order valence-electron chi connectivity index (χ0n) is 32.2. The number of benzene rings is 2. The summed E-state index contributed by atoms with van der Waals surface area (Å²) in [6.45, 7) is 10.7. The number of carboxylic acid groups (broad SMARTS) is 2. The fraction of sp³-hybridized carbons (Fsp3) is 0.425. The third-order valence-corrected chi connectivity index (χ3v) is 8.68. The number of hydrogen-bond donors (Lipinski definition) is 2. The van der Waals surface area contributed by atoms with E-state index in [0.717, 1.165) is 59.2 Å². The summed E-state index contributed by atoms with van der Waals surface area (Å²) in [5.41, 5.74) is -0.286. The standard InChI is InChI=1S/C36H45N5O7.C4H4O4/c1-35(2,3)32(42)46-25-47-33(43)36(4,5)41-34(44)40-29(37-41)17-18-30(38-40)45-24-12-21-39-22-19-28(20-23-39)48-31(26-13-8-6-9-14-26)27-15-10-7-11-16-27;5-3(6)1-2-4(7)8/h6-11,13-18,28,31H,12,19-25H2,1-5H3;1-2H,(H,5,6)(H,7,8). The topological polar surface area (TPSA) is 201 Å². The molecule has 1 saturated heterocycles. The first-order chi connectivity index (χ1) is 26.6. The highest BCUT2D eigenvalue weighted by Gasteiger charge is 2.36. The van der Waals surface area contributed by atoms with Gasteiger partial charge < -0.3 is 34.1 Å². The third-order valence-electron chi connectivity index (χ3n) is 8.68. The zero-order valence-corrected chi connectivity index (χ0v) is 32.2. The maximum atomic E-state index is 13.2. The van der Waals surface area contributed by atoms with Crippen molar-refractivity contribution in [2.75, 3.05) is 33.0 Å². The number of fused-ring (bicyclic) bond motifs is 1. The smallest absolute Gasteiger partial charge is 0.368 e. The van der Waals surface area contributed by atoms with Crippen LogP contribution in [0.15, 0.2) is 89.7 Å². The lowest BCUT2D eigenvalue weighted by atomic mass is 9.98. The Morgan fingerprint density at radius 3 is 1.89 bits per heavy atom. The zero-order chi connectivity index (χ0) is 40.9. The number of carbonyl (C=O) groups excluding carboxylic acids is 2. The van der Waals surface area contributed by atoms with Crippen LogP contribution in [0.4, 0.5) is 0 Å². The minimum absolute atomic E-state index is 0.0911. The number of esters is 2. The monoisotopic (exact) mass is 775 g/mol. The highest BCUT2D eigenvalue weighted by atomic mass is 16.7. The van der Waals surface area contributed by atoms with Crippen molar-refractivity contribution in [3.05, 3.63) is 107 Å². The summed E-state index contributed by atoms with van der Waals surface area (Å²) < 4.78 is 24.8. The third kappa shape index (κ3) is 12.3. The van der Waals surface area contributed by atoms with Gasteiger partial charge in [-0.1, -0.05) is 60.7 Å². The Morgan fingerprint density at radius 1 is 0.804 bits per heavy atom. The molecule has 2 N–H and O–H groups in total. The van der Waals surface area contributed by atoms with Gasteiger partial charge in [-0.25, -0.2) is 19.2 Å². The van der Waals surface area contributed by atoms with Crippen LogP contribution in [0.1, 0.15) is 71.1 Å². The number of carboxylic acids is 2. The van der Waals surface area contributed by atoms with Crippen molar-refractivity contribution in [2.24, 2.45) is 5.41 Å². The predicted molar refractivity (Wildman–Crippen MR) is 203 cm³/mol. The Balaban J connectivity index is 0.000000784. The minimum atomic E-state index is -1.48. The number of carbonyl (C=O) groups is 4. The molecule has 1 aliphatic rings. The molecule has 16 nitrogen and oxygen atoms in total. The van der Waals surface area contributed by atoms with Gasteiger partial charge in [0, 0.05) is 37.9 Å². The number of hydrogen-bond acceptors (Lipinski definition) is 12. The molecule has 2 aromatic heterocycles. The highest BCUT2D eigenvalue weighted by molar-refractivity contribution is 5.89. The van der Waals surface area contributed by atoms with Crippen molar-refractivity contribution >= 4 is 29.5 Å². The van der Waals surface area contributed by atoms with Gasteiger partial charge in [0.2, 0.25) is 12.7 Å². The average molecular weight is 776 g/mol. The Morgan fingerprint density at radius 2 is 1.36 bits per heavy atom. The molecule has 0 radical (unpaired) electrons. The van der Waals surface area contributed by atoms with E-state index in [0.29, 0.717) is 18.8 Å². The van der Waals surface area contributed by atoms with Crippen LogP contribution < -0.4 is 10.4 Å². The fourth-order valence-corrected chi connectivity index (χ4v) is 5.58. The van der Waals surface area contributed by atoms with Crippen LogP contribution in [0.5, 0.6) is 5.88 Å². The summed E-state index contributed by atoms with van der Waals surface area (Å²) in [6, 6.07) is 24.0. The summed E-state index contributed by atoms with van der Waals surface area (Å²) >= 11 is 0. The molecule has 0 spiro atoms. The Hall–Kier alpha value is -5.87. The number of aliphatic carboxylic acids is 2. The number of rotatable bonds is 15. The van der Waals surface area contributed by atoms with Crippen LogP contribution in [0.2, 0.25) is 0 Å². The quantitative estimate of drug-likeness (QED) is 0.0742. The van der Waals surface area contributed by atoms with Crippen LogP contribution in [-0.4, -0.2) is 97.5 Å². The lowest BCUT2D eigenvalue weighted by Crippen LogP contribution is -2.44. The summed E-state index contributed by atoms with van der Waals surface area (Å²) in [4.78, 5) is 59.5. The number of nitrogens with zero attached hydrogens (tertiary/aromatic N) is 5. The molecule has 0 bridgehead atoms. The van der Waals surface area contributed by atoms with Crippen molar-refractivity contribution in [1.82, 2.24) is 24.3 Å². The summed E-state index contributed by atoms with van der Waals surface area (Å²) in [5, 5.41) is 24.2. The molecule has 1 fully saturated rings. The molecule has 4 aromatic rings. The van der Waals surface area contributed by atoms with Crippen molar-refractivity contribution in [3.8, 4) is 5.88 Å². The van der Waals surface area contributed by atoms with Gasteiger partial charge in [-0.15, -0.1) is 10.2 Å². The van der Waals surface area contributed by atoms with Gasteiger partial charge in [0.25, 0.3) is 0 Å². The maximum absolute atomic E-state index is 13.2. The second-order valence-electron chi connectivity index (χ2n) is 14.5. The lowest BCUT2D eigenvalue weighted by molar-refractivity contribution is -0.178. The second-order valence-corrected chi connectivity index (χ2v) is 14.5. The lowest BCUT2D eigenvalue weighted by Gasteiger charge is -2.34. The van der Waals surface area contributed by atoms with E-state index in [1.807, 2.05) is 12.1 Å². The molecule has 0 amide bonds. The molecule has 1 aliphatic heterocycles. The van der Waals surface area contributed by atoms with Crippen LogP contribution in [0, 0.1) is 5.41 Å². The summed E-state index contributed by atoms with van der Waals surface area (Å²) in [5.74, 6) is -3.53. The van der Waals surface area contributed by atoms with Crippen LogP contribution in [0.25, 0.3) is 5.65 Å². The predicted octanol–water partition coefficient (Wildman–Crippen LogP) is 4.47. The van der Waals surface area contributed by atoms with E-state index in [-0.39, 0.29) is 23.7 Å². The van der Waals surface area contributed by atoms with Crippen LogP contribution >= 0.6 is 0 Å². The number of ether oxygens (including phenoxy) is 4. The van der Waals surface area contributed by atoms with E-state index in [9.17, 15) is 24.0 Å². The SMILES string of the molecule is CC(C)(C)C(=O)OCOC(=O)C(C)(C)n1nc2ccc(OCCCN3CCC(OC(c4ccccc4)c4ccccc4)CC3)nn2c1=O.O=C(O)C=CC(=O)O. The van der Waals surface area contributed by atoms with Gasteiger partial charge in [0.15, 0.2) is 11.2 Å². The Labute approximate surface area is 324 Å². The Kier molecular flexibility index (Phi) is 15.0. The van der Waals surface area contributed by atoms with Gasteiger partial charge >= 0.3 is 29.6 Å². The van der Waals surface area contributed by atoms with E-state index in [4.69, 9.17) is 29.2 Å². The molecule has 2 aromatic carbocycles. The minimum Gasteiger partial charge on any atom is -0.478 e. The first-order valence-corrected chi connectivity index (χ1v) is 18.1. The molecular formula is C40H49N5O11. The molecule has 3 heterocycles. The summed E-state index contributed by atoms with van der Waals surface area (Å²) in [6.07, 6.45) is 3.89. The van der Waals surface area contributed by atoms with Crippen LogP contribution in [-0.2, 0) is 38.9 Å². The van der Waals surface area contributed by atoms with E-state index < -0.39 is 47.3 Å². The highest BCUT2D eigenvalue weighted by Crippen LogP contribution is 2.30. The molecule has 0 saturated carbocycles. The van der Waals surface area contributed by atoms with Gasteiger partial charge in [0.1, 0.15) is 6.10 Å². The molecule has 5 rings (SSSR count). The van der Waals surface area contributed by atoms with Gasteiger partial charge in [0.05, 0.1) is 18.1 Å². The van der Waals surface area contributed by atoms with Crippen molar-refractivity contribution in [1.29, 1.82) is 0 Å². The van der Waals surface area contributed by atoms with Crippen molar-refractivity contribution in [3.63, 3.8) is 0 Å². The second kappa shape index (κ2) is 19.6. The first kappa shape index (κ1) is 42.9. The number of likely N-dealkylation sites (tertiary alicyclic amines) is 1. The molecule has 56 heavy (non-hydrogen) atoms. The molecule has 16 heteroatoms. The Bertz CT molecular complexity index is 1960. The largest absolute Gasteiger partial charge is 0.478 e. The van der Waals surface area contributed by atoms with Gasteiger partial charge in [-0.2, -0.15) is 9.20 Å². The number of aromatic nitrogens is 4. The van der Waals surface area contributed by atoms with Gasteiger partial charge in [-0.3, -0.25) is 4.79 Å². The van der Waals surface area contributed by atoms with E-state index in [1.54, 1.807) is 32.9 Å². The fourth-order valence-electron chi connectivity index (χ4n) is 5.58. The molecule has 0 atom stereocenters. The van der Waals surface area contributed by atoms with Crippen molar-refractivity contribution in [2.45, 2.75) is 71.6 Å². The molecule has 0 aliphatic carbocycles. The van der Waals surface area contributed by atoms with Crippen LogP contribution in [0.3, 0.4) is 0 Å². The maximum Gasteiger partial charge on any atom is 0.368 e. The van der Waals surface area contributed by atoms with Crippen molar-refractivity contribution < 1.29 is 48.3 Å². The first-order valence-electron chi connectivity index (χ1n) is 18.1. The number of piperidine rings is 1. The molecule has 300 valence electrons. The van der Waals surface area contributed by atoms with E-state index >= 15 is 0 Å². The van der Waals surface area contributed by atoms with E-state index in [1.165, 1.54) is 13.8 Å². The average Bonchev–Trinajstić information content (AvgIpc) is 3.51. The molecule has 0 unspecified atom stereocenters. The summed E-state index contributed by atoms with van der Waals surface area (Å²) in [7, 11) is 0.